The van der Waals surface area contributed by atoms with Crippen molar-refractivity contribution in [2.24, 2.45) is 9.98 Å². The smallest absolute Gasteiger partial charge is 0.306 e. The highest BCUT2D eigenvalue weighted by Gasteiger charge is 2.41. The highest BCUT2D eigenvalue weighted by Crippen LogP contribution is 2.41. The average molecular weight is 809 g/mol. The van der Waals surface area contributed by atoms with Crippen molar-refractivity contribution in [1.82, 2.24) is 9.80 Å². The van der Waals surface area contributed by atoms with Crippen LogP contribution in [0.3, 0.4) is 0 Å². The molecule has 0 spiro atoms. The Hall–Kier alpha value is -5.88. The summed E-state index contributed by atoms with van der Waals surface area (Å²) in [6.07, 6.45) is 10.5. The van der Waals surface area contributed by atoms with Crippen molar-refractivity contribution >= 4 is 46.4 Å². The van der Waals surface area contributed by atoms with Crippen LogP contribution >= 0.6 is 0 Å². The molecule has 310 valence electrons. The maximum Gasteiger partial charge on any atom is 0.306 e. The van der Waals surface area contributed by atoms with Crippen molar-refractivity contribution in [1.29, 1.82) is 0 Å². The third-order valence-corrected chi connectivity index (χ3v) is 13.3. The number of anilines is 2. The van der Waals surface area contributed by atoms with Gasteiger partial charge in [0.25, 0.3) is 0 Å². The number of ether oxygens (including phenoxy) is 1. The summed E-state index contributed by atoms with van der Waals surface area (Å²) < 4.78 is 4.97. The van der Waals surface area contributed by atoms with E-state index in [0.717, 1.165) is 72.4 Å². The Morgan fingerprint density at radius 3 is 1.67 bits per heavy atom. The first kappa shape index (κ1) is 39.6. The molecule has 0 bridgehead atoms. The normalized spacial score (nSPS) is 23.8. The number of benzene rings is 3. The van der Waals surface area contributed by atoms with Crippen LogP contribution in [0, 0.1) is 0 Å². The zero-order chi connectivity index (χ0) is 41.3. The molecule has 0 aliphatic carbocycles. The molecule has 6 aliphatic heterocycles. The quantitative estimate of drug-likeness (QED) is 0.181. The summed E-state index contributed by atoms with van der Waals surface area (Å²) in [6.45, 7) is 0.688. The Morgan fingerprint density at radius 2 is 1.20 bits per heavy atom. The van der Waals surface area contributed by atoms with Crippen LogP contribution in [0.25, 0.3) is 0 Å². The first-order chi connectivity index (χ1) is 29.3. The Balaban J connectivity index is 0.799. The van der Waals surface area contributed by atoms with Gasteiger partial charge < -0.3 is 30.3 Å². The fourth-order valence-electron chi connectivity index (χ4n) is 10.2. The van der Waals surface area contributed by atoms with Gasteiger partial charge in [0, 0.05) is 67.6 Å². The molecule has 2 amide bonds. The molecule has 12 heteroatoms. The van der Waals surface area contributed by atoms with Crippen LogP contribution < -0.4 is 10.6 Å². The van der Waals surface area contributed by atoms with E-state index in [-0.39, 0.29) is 54.6 Å². The molecule has 6 aliphatic rings. The first-order valence-electron chi connectivity index (χ1n) is 21.4. The minimum atomic E-state index is -0.631. The van der Waals surface area contributed by atoms with E-state index in [2.05, 4.69) is 22.8 Å². The monoisotopic (exact) mass is 808 g/mol. The van der Waals surface area contributed by atoms with Crippen LogP contribution in [-0.4, -0.2) is 101 Å². The molecular formula is C48H52N6O6. The standard InChI is InChI=1S/C48H52N6O6/c1-60-46(57)24-37(30-12-6-3-7-13-30)48(59)54-17-9-15-45(54)43-22-34(27-50-43)39-20-32-18-31-19-38(51-40(31)25-41(32)52-39)33-21-42(49-26-33)44-14-8-16-53(44)47(58)36(23-35(56)28-55)29-10-4-2-5-11-29/h2-7,10-13,18,25-27,36-39,44-45,51-52,55H,8-9,14-17,19-24,28H2,1H3/t36?,37-,38?,39?,44?,45?/m0/s1. The van der Waals surface area contributed by atoms with Gasteiger partial charge in [-0.2, -0.15) is 0 Å². The highest BCUT2D eigenvalue weighted by molar-refractivity contribution is 6.00. The Labute approximate surface area is 350 Å². The van der Waals surface area contributed by atoms with Gasteiger partial charge in [-0.15, -0.1) is 0 Å². The topological polar surface area (TPSA) is 153 Å². The number of aliphatic hydroxyl groups is 1. The minimum absolute atomic E-state index is 0.00418. The molecule has 5 unspecified atom stereocenters. The highest BCUT2D eigenvalue weighted by atomic mass is 16.5. The molecular weight excluding hydrogens is 757 g/mol. The molecule has 0 radical (unpaired) electrons. The molecule has 3 N–H and O–H groups in total. The van der Waals surface area contributed by atoms with E-state index >= 15 is 0 Å². The lowest BCUT2D eigenvalue weighted by atomic mass is 9.91. The van der Waals surface area contributed by atoms with Crippen LogP contribution in [0.2, 0.25) is 0 Å². The summed E-state index contributed by atoms with van der Waals surface area (Å²) in [6, 6.07) is 23.5. The molecule has 60 heavy (non-hydrogen) atoms. The fraction of sp³-hybridized carbons (Fsp3) is 0.417. The van der Waals surface area contributed by atoms with Crippen LogP contribution in [0.4, 0.5) is 11.4 Å². The average Bonchev–Trinajstić information content (AvgIpc) is 4.14. The second-order valence-electron chi connectivity index (χ2n) is 17.0. The number of ketones is 1. The molecule has 2 saturated heterocycles. The number of likely N-dealkylation sites (tertiary alicyclic amines) is 2. The van der Waals surface area contributed by atoms with Gasteiger partial charge in [-0.3, -0.25) is 29.2 Å². The number of nitrogens with one attached hydrogen (secondary N) is 2. The van der Waals surface area contributed by atoms with E-state index in [1.54, 1.807) is 0 Å². The Kier molecular flexibility index (Phi) is 11.2. The molecule has 3 aromatic rings. The summed E-state index contributed by atoms with van der Waals surface area (Å²) >= 11 is 0. The summed E-state index contributed by atoms with van der Waals surface area (Å²) in [7, 11) is 1.36. The lowest BCUT2D eigenvalue weighted by Crippen LogP contribution is -2.43. The van der Waals surface area contributed by atoms with E-state index < -0.39 is 24.4 Å². The summed E-state index contributed by atoms with van der Waals surface area (Å²) in [5, 5.41) is 17.0. The van der Waals surface area contributed by atoms with Crippen LogP contribution in [0.5, 0.6) is 0 Å². The lowest BCUT2D eigenvalue weighted by Gasteiger charge is -2.29. The largest absolute Gasteiger partial charge is 0.469 e. The second-order valence-corrected chi connectivity index (χ2v) is 17.0. The number of nitrogens with zero attached hydrogens (tertiary/aromatic N) is 4. The summed E-state index contributed by atoms with van der Waals surface area (Å²) in [4.78, 5) is 66.5. The number of esters is 1. The van der Waals surface area contributed by atoms with Crippen molar-refractivity contribution in [2.45, 2.75) is 100 Å². The number of amides is 2. The van der Waals surface area contributed by atoms with E-state index in [9.17, 15) is 24.3 Å². The third kappa shape index (κ3) is 7.80. The van der Waals surface area contributed by atoms with E-state index in [0.29, 0.717) is 25.9 Å². The van der Waals surface area contributed by atoms with Gasteiger partial charge in [0.05, 0.1) is 49.5 Å². The van der Waals surface area contributed by atoms with Crippen LogP contribution in [0.15, 0.2) is 106 Å². The molecule has 6 heterocycles. The zero-order valence-electron chi connectivity index (χ0n) is 34.0. The molecule has 6 atom stereocenters. The summed E-state index contributed by atoms with van der Waals surface area (Å²) in [5.41, 5.74) is 10.8. The number of Topliss-reactive ketones (excluding diaryl/α,β-unsaturated/α-hetero) is 1. The zero-order valence-corrected chi connectivity index (χ0v) is 34.0. The van der Waals surface area contributed by atoms with E-state index in [1.807, 2.05) is 82.9 Å². The number of fused-ring (bicyclic) bond motifs is 2. The number of rotatable bonds is 13. The fourth-order valence-corrected chi connectivity index (χ4v) is 10.2. The number of aliphatic imine (C=N–C) groups is 2. The number of methoxy groups -OCH3 is 1. The molecule has 0 aromatic heterocycles. The molecule has 0 saturated carbocycles. The SMILES string of the molecule is COC(=O)C[C@H](C(=O)N1CCCC1C1=NC=C(C2Cc3cc4c(cc3N2)NC(C2=CN=C(C3CCCN3C(=O)C(CC(=O)CO)c3ccccc3)C2)C4)C1)c1ccccc1. The molecule has 2 fully saturated rings. The number of carbonyl (C=O) groups excluding carboxylic acids is 4. The predicted molar refractivity (Wildman–Crippen MR) is 230 cm³/mol. The van der Waals surface area contributed by atoms with E-state index in [4.69, 9.17) is 14.7 Å². The van der Waals surface area contributed by atoms with Gasteiger partial charge in [-0.25, -0.2) is 0 Å². The van der Waals surface area contributed by atoms with Gasteiger partial charge in [-0.05, 0) is 78.0 Å². The van der Waals surface area contributed by atoms with Gasteiger partial charge in [0.2, 0.25) is 11.8 Å². The predicted octanol–water partition coefficient (Wildman–Crippen LogP) is 5.88. The van der Waals surface area contributed by atoms with E-state index in [1.165, 1.54) is 29.4 Å². The Morgan fingerprint density at radius 1 is 0.717 bits per heavy atom. The number of hydrogen-bond donors (Lipinski definition) is 3. The van der Waals surface area contributed by atoms with Gasteiger partial charge >= 0.3 is 5.97 Å². The van der Waals surface area contributed by atoms with Crippen molar-refractivity contribution in [3.05, 3.63) is 119 Å². The van der Waals surface area contributed by atoms with Gasteiger partial charge in [0.1, 0.15) is 6.61 Å². The van der Waals surface area contributed by atoms with Crippen molar-refractivity contribution in [3.63, 3.8) is 0 Å². The Bertz CT molecular complexity index is 2110. The van der Waals surface area contributed by atoms with Crippen molar-refractivity contribution in [2.75, 3.05) is 37.4 Å². The second kappa shape index (κ2) is 17.0. The number of hydrogen-bond acceptors (Lipinski definition) is 10. The lowest BCUT2D eigenvalue weighted by molar-refractivity contribution is -0.144. The van der Waals surface area contributed by atoms with Crippen molar-refractivity contribution in [3.8, 4) is 0 Å². The number of carbonyl (C=O) groups is 4. The maximum absolute atomic E-state index is 14.1. The maximum atomic E-state index is 14.1. The van der Waals surface area contributed by atoms with Crippen LogP contribution in [-0.2, 0) is 36.8 Å². The number of aliphatic hydroxyl groups excluding tert-OH is 1. The molecule has 3 aromatic carbocycles. The first-order valence-corrected chi connectivity index (χ1v) is 21.4. The van der Waals surface area contributed by atoms with Crippen LogP contribution in [0.1, 0.15) is 85.5 Å². The summed E-state index contributed by atoms with van der Waals surface area (Å²) in [5.74, 6) is -2.10. The third-order valence-electron chi connectivity index (χ3n) is 13.3. The van der Waals surface area contributed by atoms with Gasteiger partial charge in [0.15, 0.2) is 5.78 Å². The van der Waals surface area contributed by atoms with Crippen molar-refractivity contribution < 1.29 is 29.0 Å². The molecule has 9 rings (SSSR count). The molecule has 12 nitrogen and oxygen atoms in total. The minimum Gasteiger partial charge on any atom is -0.469 e. The van der Waals surface area contributed by atoms with Gasteiger partial charge in [-0.1, -0.05) is 66.7 Å².